The van der Waals surface area contributed by atoms with Gasteiger partial charge in [-0.05, 0) is 17.7 Å². The van der Waals surface area contributed by atoms with Gasteiger partial charge >= 0.3 is 5.97 Å². The Labute approximate surface area is 211 Å². The van der Waals surface area contributed by atoms with Gasteiger partial charge < -0.3 is 28.8 Å². The van der Waals surface area contributed by atoms with E-state index < -0.39 is 0 Å². The van der Waals surface area contributed by atoms with Crippen LogP contribution in [0.3, 0.4) is 0 Å². The van der Waals surface area contributed by atoms with Crippen molar-refractivity contribution >= 4 is 50.8 Å². The van der Waals surface area contributed by atoms with E-state index in [2.05, 4.69) is 20.3 Å². The molecule has 4 rings (SSSR count). The molecule has 3 aromatic heterocycles. The Morgan fingerprint density at radius 1 is 1.09 bits per heavy atom. The first-order valence-corrected chi connectivity index (χ1v) is 11.8. The highest BCUT2D eigenvalue weighted by atomic mass is 35.5. The lowest BCUT2D eigenvalue weighted by molar-refractivity contribution is -0.142. The van der Waals surface area contributed by atoms with Gasteiger partial charge in [0, 0.05) is 23.9 Å². The molecule has 3 heterocycles. The van der Waals surface area contributed by atoms with Crippen LogP contribution in [-0.2, 0) is 16.1 Å². The van der Waals surface area contributed by atoms with Crippen LogP contribution in [0.5, 0.6) is 17.2 Å². The third-order valence-corrected chi connectivity index (χ3v) is 5.78. The van der Waals surface area contributed by atoms with E-state index in [1.54, 1.807) is 38.4 Å². The number of carbonyl (C=O) groups is 1. The molecule has 1 aromatic carbocycles. The molecular formula is C23H26ClN5O5S. The fraction of sp³-hybridized carbons (Fsp3) is 0.304. The van der Waals surface area contributed by atoms with Gasteiger partial charge in [0.1, 0.15) is 29.4 Å². The maximum Gasteiger partial charge on any atom is 0.302 e. The molecule has 0 fully saturated rings. The van der Waals surface area contributed by atoms with Gasteiger partial charge in [-0.2, -0.15) is 4.98 Å². The third kappa shape index (κ3) is 5.92. The molecule has 0 unspecified atom stereocenters. The van der Waals surface area contributed by atoms with E-state index in [0.717, 1.165) is 16.0 Å². The van der Waals surface area contributed by atoms with E-state index in [4.69, 9.17) is 30.5 Å². The third-order valence-electron chi connectivity index (χ3n) is 4.61. The molecule has 0 aliphatic rings. The largest absolute Gasteiger partial charge is 0.493 e. The normalized spacial score (nSPS) is 10.4. The first-order valence-electron chi connectivity index (χ1n) is 10.6. The van der Waals surface area contributed by atoms with Gasteiger partial charge in [0.05, 0.1) is 38.6 Å². The molecule has 10 nitrogen and oxygen atoms in total. The van der Waals surface area contributed by atoms with E-state index in [0.29, 0.717) is 33.7 Å². The van der Waals surface area contributed by atoms with Crippen LogP contribution in [0.4, 0.5) is 11.6 Å². The summed E-state index contributed by atoms with van der Waals surface area (Å²) in [6.07, 6.45) is 3.43. The molecular weight excluding hydrogens is 494 g/mol. The Hall–Kier alpha value is -3.57. The summed E-state index contributed by atoms with van der Waals surface area (Å²) in [7, 11) is 4.67. The topological polar surface area (TPSA) is 110 Å². The molecule has 0 atom stereocenters. The zero-order valence-electron chi connectivity index (χ0n) is 20.2. The fourth-order valence-electron chi connectivity index (χ4n) is 3.15. The smallest absolute Gasteiger partial charge is 0.302 e. The molecule has 0 bridgehead atoms. The lowest BCUT2D eigenvalue weighted by Gasteiger charge is -2.14. The molecule has 1 N–H and O–H groups in total. The molecule has 0 aliphatic heterocycles. The zero-order valence-corrected chi connectivity index (χ0v) is 21.8. The van der Waals surface area contributed by atoms with Crippen LogP contribution in [0.15, 0.2) is 30.7 Å². The predicted molar refractivity (Wildman–Crippen MR) is 136 cm³/mol. The van der Waals surface area contributed by atoms with Crippen LogP contribution in [0.2, 0.25) is 5.28 Å². The Bertz CT molecular complexity index is 1300. The number of aromatic nitrogens is 4. The highest BCUT2D eigenvalue weighted by Crippen LogP contribution is 2.39. The maximum atomic E-state index is 11.1. The van der Waals surface area contributed by atoms with Crippen molar-refractivity contribution in [2.45, 2.75) is 27.4 Å². The average Bonchev–Trinajstić information content (AvgIpc) is 3.50. The van der Waals surface area contributed by atoms with Crippen molar-refractivity contribution in [1.29, 1.82) is 0 Å². The summed E-state index contributed by atoms with van der Waals surface area (Å²) in [4.78, 5) is 25.6. The zero-order chi connectivity index (χ0) is 25.5. The summed E-state index contributed by atoms with van der Waals surface area (Å²) in [5.74, 6) is 2.23. The average molecular weight is 520 g/mol. The van der Waals surface area contributed by atoms with E-state index in [1.807, 2.05) is 32.0 Å². The van der Waals surface area contributed by atoms with Crippen molar-refractivity contribution in [2.24, 2.45) is 0 Å². The van der Waals surface area contributed by atoms with Gasteiger partial charge in [-0.25, -0.2) is 9.97 Å². The summed E-state index contributed by atoms with van der Waals surface area (Å²) in [6.45, 7) is 5.52. The van der Waals surface area contributed by atoms with Crippen molar-refractivity contribution in [1.82, 2.24) is 19.5 Å². The van der Waals surface area contributed by atoms with Crippen LogP contribution in [0.25, 0.3) is 15.9 Å². The summed E-state index contributed by atoms with van der Waals surface area (Å²) in [5, 5.41) is 4.02. The van der Waals surface area contributed by atoms with Gasteiger partial charge in [-0.3, -0.25) is 4.79 Å². The number of carbonyl (C=O) groups excluding carboxylic acids is 1. The van der Waals surface area contributed by atoms with E-state index in [1.165, 1.54) is 18.3 Å². The Morgan fingerprint density at radius 2 is 1.77 bits per heavy atom. The summed E-state index contributed by atoms with van der Waals surface area (Å²) in [6, 6.07) is 5.48. The Balaban J connectivity index is 0.00000167. The van der Waals surface area contributed by atoms with Gasteiger partial charge in [0.2, 0.25) is 11.0 Å². The molecule has 4 aromatic rings. The lowest BCUT2D eigenvalue weighted by Crippen LogP contribution is -1.99. The molecule has 0 spiro atoms. The van der Waals surface area contributed by atoms with Crippen molar-refractivity contribution in [3.05, 3.63) is 40.9 Å². The van der Waals surface area contributed by atoms with Crippen LogP contribution in [0.1, 0.15) is 25.6 Å². The molecule has 12 heteroatoms. The highest BCUT2D eigenvalue weighted by molar-refractivity contribution is 7.18. The molecule has 186 valence electrons. The minimum absolute atomic E-state index is 0.0925. The molecule has 35 heavy (non-hydrogen) atoms. The van der Waals surface area contributed by atoms with Gasteiger partial charge in [-0.15, -0.1) is 11.3 Å². The van der Waals surface area contributed by atoms with E-state index >= 15 is 0 Å². The Morgan fingerprint density at radius 3 is 2.37 bits per heavy atom. The van der Waals surface area contributed by atoms with Gasteiger partial charge in [0.25, 0.3) is 0 Å². The Kier molecular flexibility index (Phi) is 8.72. The number of nitrogens with zero attached hydrogens (tertiary/aromatic N) is 4. The number of methoxy groups -OCH3 is 3. The summed E-state index contributed by atoms with van der Waals surface area (Å²) >= 11 is 7.49. The van der Waals surface area contributed by atoms with Crippen LogP contribution in [-0.4, -0.2) is 46.8 Å². The monoisotopic (exact) mass is 519 g/mol. The minimum Gasteiger partial charge on any atom is -0.493 e. The number of esters is 1. The minimum atomic E-state index is -0.354. The second kappa shape index (κ2) is 11.7. The number of fused-ring (bicyclic) bond motifs is 1. The first-order chi connectivity index (χ1) is 16.9. The number of anilines is 2. The number of nitrogens with one attached hydrogen (secondary N) is 1. The van der Waals surface area contributed by atoms with E-state index in [-0.39, 0.29) is 17.9 Å². The highest BCUT2D eigenvalue weighted by Gasteiger charge is 2.16. The number of hydrogen-bond acceptors (Lipinski definition) is 10. The number of ether oxygens (including phenoxy) is 4. The standard InChI is InChI=1S/C21H20ClN5O5S.C2H6/c1-11(28)32-9-13-7-14-19(25-21(22)26-20(14)33-13)24-17-8-27(10-23-17)12-5-15(29-2)18(31-4)16(6-12)30-3;1-2/h5-8,10H,9H2,1-4H3,(H,24,25,26);1-2H3. The number of thiophene rings is 1. The number of benzene rings is 1. The number of halogens is 1. The fourth-order valence-corrected chi connectivity index (χ4v) is 4.31. The van der Waals surface area contributed by atoms with E-state index in [9.17, 15) is 4.79 Å². The number of imidazole rings is 1. The second-order valence-electron chi connectivity index (χ2n) is 6.73. The molecule has 0 amide bonds. The van der Waals surface area contributed by atoms with Crippen molar-refractivity contribution < 1.29 is 23.7 Å². The molecule has 0 radical (unpaired) electrons. The van der Waals surface area contributed by atoms with Crippen molar-refractivity contribution in [3.63, 3.8) is 0 Å². The molecule has 0 saturated carbocycles. The maximum absolute atomic E-state index is 11.1. The van der Waals surface area contributed by atoms with Crippen molar-refractivity contribution in [3.8, 4) is 22.9 Å². The first kappa shape index (κ1) is 26.0. The van der Waals surface area contributed by atoms with Gasteiger partial charge in [0.15, 0.2) is 11.5 Å². The van der Waals surface area contributed by atoms with Crippen LogP contribution in [0, 0.1) is 0 Å². The lowest BCUT2D eigenvalue weighted by atomic mass is 10.2. The van der Waals surface area contributed by atoms with Crippen molar-refractivity contribution in [2.75, 3.05) is 26.6 Å². The number of hydrogen-bond donors (Lipinski definition) is 1. The number of rotatable bonds is 8. The SMILES string of the molecule is CC.COc1cc(-n2cnc(Nc3nc(Cl)nc4sc(COC(C)=O)cc34)c2)cc(OC)c1OC. The summed E-state index contributed by atoms with van der Waals surface area (Å²) < 4.78 is 23.1. The van der Waals surface area contributed by atoms with Crippen LogP contribution < -0.4 is 19.5 Å². The molecule has 0 aliphatic carbocycles. The summed E-state index contributed by atoms with van der Waals surface area (Å²) in [5.41, 5.74) is 0.759. The van der Waals surface area contributed by atoms with Gasteiger partial charge in [-0.1, -0.05) is 13.8 Å². The molecule has 0 saturated heterocycles. The second-order valence-corrected chi connectivity index (χ2v) is 8.18. The quantitative estimate of drug-likeness (QED) is 0.242. The van der Waals surface area contributed by atoms with Crippen LogP contribution >= 0.6 is 22.9 Å². The predicted octanol–water partition coefficient (Wildman–Crippen LogP) is 5.39.